The molecule has 1 amide bonds. The number of ether oxygens (including phenoxy) is 1. The van der Waals surface area contributed by atoms with Crippen LogP contribution in [-0.4, -0.2) is 58.7 Å². The van der Waals surface area contributed by atoms with E-state index in [2.05, 4.69) is 25.4 Å². The lowest BCUT2D eigenvalue weighted by Crippen LogP contribution is -2.37. The number of fused-ring (bicyclic) bond motifs is 2. The van der Waals surface area contributed by atoms with Crippen LogP contribution in [0.3, 0.4) is 0 Å². The van der Waals surface area contributed by atoms with E-state index in [1.165, 1.54) is 17.6 Å². The van der Waals surface area contributed by atoms with Gasteiger partial charge in [-0.3, -0.25) is 0 Å². The van der Waals surface area contributed by atoms with E-state index >= 15 is 0 Å². The minimum atomic E-state index is -0.915. The molecule has 0 bridgehead atoms. The third kappa shape index (κ3) is 4.45. The number of carbonyl (C=O) groups is 1. The van der Waals surface area contributed by atoms with Gasteiger partial charge in [-0.2, -0.15) is 5.10 Å². The zero-order valence-electron chi connectivity index (χ0n) is 20.7. The average molecular weight is 509 g/mol. The van der Waals surface area contributed by atoms with Crippen molar-refractivity contribution in [2.24, 2.45) is 5.92 Å². The SMILES string of the molecule is Cc1cc(Nc2ncnc3ccc(C4=CCN(C(=O)O)CC4C)nc23)ccc1Oc1ccn2ncnc2c1. The van der Waals surface area contributed by atoms with Crippen LogP contribution in [0.5, 0.6) is 11.5 Å². The molecule has 1 aliphatic rings. The highest BCUT2D eigenvalue weighted by Gasteiger charge is 2.24. The summed E-state index contributed by atoms with van der Waals surface area (Å²) in [6, 6.07) is 13.3. The van der Waals surface area contributed by atoms with Gasteiger partial charge in [0.25, 0.3) is 0 Å². The summed E-state index contributed by atoms with van der Waals surface area (Å²) in [5.41, 5.74) is 5.63. The molecule has 1 aliphatic heterocycles. The van der Waals surface area contributed by atoms with Crippen LogP contribution in [0, 0.1) is 12.8 Å². The second-order valence-electron chi connectivity index (χ2n) is 9.17. The maximum atomic E-state index is 11.4. The first kappa shape index (κ1) is 23.3. The monoisotopic (exact) mass is 508 g/mol. The Bertz CT molecular complexity index is 1710. The molecule has 0 saturated heterocycles. The molecule has 38 heavy (non-hydrogen) atoms. The van der Waals surface area contributed by atoms with Crippen molar-refractivity contribution in [1.29, 1.82) is 0 Å². The number of anilines is 2. The number of hydrogen-bond acceptors (Lipinski definition) is 8. The number of hydrogen-bond donors (Lipinski definition) is 2. The number of pyridine rings is 2. The fourth-order valence-corrected chi connectivity index (χ4v) is 4.58. The average Bonchev–Trinajstić information content (AvgIpc) is 3.38. The molecule has 5 heterocycles. The van der Waals surface area contributed by atoms with Crippen LogP contribution in [0.25, 0.3) is 22.3 Å². The molecule has 11 heteroatoms. The highest BCUT2D eigenvalue weighted by molar-refractivity contribution is 5.88. The lowest BCUT2D eigenvalue weighted by atomic mass is 9.93. The number of aromatic nitrogens is 6. The largest absolute Gasteiger partial charge is 0.465 e. The van der Waals surface area contributed by atoms with Gasteiger partial charge in [-0.25, -0.2) is 29.2 Å². The van der Waals surface area contributed by atoms with E-state index in [-0.39, 0.29) is 5.92 Å². The van der Waals surface area contributed by atoms with Gasteiger partial charge in [0.1, 0.15) is 29.7 Å². The predicted molar refractivity (Wildman–Crippen MR) is 142 cm³/mol. The Balaban J connectivity index is 1.26. The minimum absolute atomic E-state index is 0.0199. The van der Waals surface area contributed by atoms with Gasteiger partial charge < -0.3 is 20.1 Å². The molecule has 1 atom stereocenters. The van der Waals surface area contributed by atoms with E-state index in [0.29, 0.717) is 41.3 Å². The van der Waals surface area contributed by atoms with Crippen LogP contribution in [0.15, 0.2) is 67.4 Å². The van der Waals surface area contributed by atoms with E-state index in [1.807, 2.05) is 62.4 Å². The summed E-state index contributed by atoms with van der Waals surface area (Å²) in [5, 5.41) is 16.8. The maximum Gasteiger partial charge on any atom is 0.407 e. The van der Waals surface area contributed by atoms with Crippen LogP contribution in [-0.2, 0) is 0 Å². The fraction of sp³-hybridized carbons (Fsp3) is 0.185. The third-order valence-corrected chi connectivity index (χ3v) is 6.52. The summed E-state index contributed by atoms with van der Waals surface area (Å²) in [7, 11) is 0. The number of rotatable bonds is 5. The topological polar surface area (TPSA) is 131 Å². The van der Waals surface area contributed by atoms with E-state index in [0.717, 1.165) is 28.3 Å². The van der Waals surface area contributed by atoms with Gasteiger partial charge in [0.15, 0.2) is 11.5 Å². The maximum absolute atomic E-state index is 11.4. The molecule has 1 aromatic carbocycles. The molecule has 0 aliphatic carbocycles. The zero-order chi connectivity index (χ0) is 26.2. The Morgan fingerprint density at radius 2 is 2.00 bits per heavy atom. The third-order valence-electron chi connectivity index (χ3n) is 6.52. The standard InChI is InChI=1S/C27H24N8O3/c1-16-11-18(3-6-23(16)38-19-7-10-35-24(12-19)29-15-31-35)32-26-25-22(28-14-30-26)5-4-21(33-25)20-8-9-34(27(36)37)13-17(20)2/h3-8,10-12,14-15,17H,9,13H2,1-2H3,(H,36,37)(H,28,30,32). The lowest BCUT2D eigenvalue weighted by molar-refractivity contribution is 0.145. The molecule has 0 radical (unpaired) electrons. The second kappa shape index (κ2) is 9.43. The molecule has 0 spiro atoms. The second-order valence-corrected chi connectivity index (χ2v) is 9.17. The highest BCUT2D eigenvalue weighted by Crippen LogP contribution is 2.31. The smallest absolute Gasteiger partial charge is 0.407 e. The first-order chi connectivity index (χ1) is 18.4. The summed E-state index contributed by atoms with van der Waals surface area (Å²) in [6.07, 6.45) is 5.82. The number of nitrogens with zero attached hydrogens (tertiary/aromatic N) is 7. The normalized spacial score (nSPS) is 15.5. The molecule has 2 N–H and O–H groups in total. The van der Waals surface area contributed by atoms with Crippen LogP contribution in [0.2, 0.25) is 0 Å². The van der Waals surface area contributed by atoms with Gasteiger partial charge in [-0.1, -0.05) is 13.0 Å². The molecular weight excluding hydrogens is 484 g/mol. The molecule has 190 valence electrons. The van der Waals surface area contributed by atoms with Gasteiger partial charge in [0.05, 0.1) is 11.2 Å². The molecule has 1 unspecified atom stereocenters. The van der Waals surface area contributed by atoms with Crippen molar-refractivity contribution in [1.82, 2.24) is 34.4 Å². The van der Waals surface area contributed by atoms with E-state index in [1.54, 1.807) is 10.7 Å². The van der Waals surface area contributed by atoms with Crippen LogP contribution >= 0.6 is 0 Å². The van der Waals surface area contributed by atoms with Gasteiger partial charge in [-0.15, -0.1) is 0 Å². The van der Waals surface area contributed by atoms with E-state index < -0.39 is 6.09 Å². The number of nitrogens with one attached hydrogen (secondary N) is 1. The number of amides is 1. The van der Waals surface area contributed by atoms with Gasteiger partial charge in [0.2, 0.25) is 0 Å². The first-order valence-electron chi connectivity index (χ1n) is 12.1. The molecule has 0 saturated carbocycles. The number of aryl methyl sites for hydroxylation is 1. The van der Waals surface area contributed by atoms with Gasteiger partial charge >= 0.3 is 6.09 Å². The minimum Gasteiger partial charge on any atom is -0.465 e. The Kier molecular flexibility index (Phi) is 5.79. The van der Waals surface area contributed by atoms with Gasteiger partial charge in [-0.05, 0) is 54.5 Å². The van der Waals surface area contributed by atoms with Crippen molar-refractivity contribution in [2.75, 3.05) is 18.4 Å². The molecule has 0 fully saturated rings. The Morgan fingerprint density at radius 3 is 2.82 bits per heavy atom. The Labute approximate surface area is 217 Å². The van der Waals surface area contributed by atoms with Crippen molar-refractivity contribution < 1.29 is 14.6 Å². The van der Waals surface area contributed by atoms with Crippen LogP contribution in [0.1, 0.15) is 18.2 Å². The molecular formula is C27H24N8O3. The lowest BCUT2D eigenvalue weighted by Gasteiger charge is -2.28. The first-order valence-corrected chi connectivity index (χ1v) is 12.1. The summed E-state index contributed by atoms with van der Waals surface area (Å²) in [6.45, 7) is 4.75. The summed E-state index contributed by atoms with van der Waals surface area (Å²) in [4.78, 5) is 30.6. The van der Waals surface area contributed by atoms with Crippen molar-refractivity contribution >= 4 is 39.9 Å². The van der Waals surface area contributed by atoms with Crippen molar-refractivity contribution in [3.05, 3.63) is 78.6 Å². The van der Waals surface area contributed by atoms with Crippen LogP contribution < -0.4 is 10.1 Å². The van der Waals surface area contributed by atoms with E-state index in [4.69, 9.17) is 9.72 Å². The quantitative estimate of drug-likeness (QED) is 0.339. The summed E-state index contributed by atoms with van der Waals surface area (Å²) >= 11 is 0. The summed E-state index contributed by atoms with van der Waals surface area (Å²) in [5.74, 6) is 2.00. The number of carboxylic acid groups (broad SMARTS) is 1. The summed E-state index contributed by atoms with van der Waals surface area (Å²) < 4.78 is 7.76. The Morgan fingerprint density at radius 1 is 1.11 bits per heavy atom. The van der Waals surface area contributed by atoms with Crippen molar-refractivity contribution in [3.8, 4) is 11.5 Å². The number of benzene rings is 1. The van der Waals surface area contributed by atoms with E-state index in [9.17, 15) is 9.90 Å². The molecule has 5 aromatic rings. The Hall–Kier alpha value is -5.06. The zero-order valence-corrected chi connectivity index (χ0v) is 20.7. The van der Waals surface area contributed by atoms with Crippen LogP contribution in [0.4, 0.5) is 16.3 Å². The fourth-order valence-electron chi connectivity index (χ4n) is 4.58. The molecule has 6 rings (SSSR count). The van der Waals surface area contributed by atoms with Crippen molar-refractivity contribution in [2.45, 2.75) is 13.8 Å². The predicted octanol–water partition coefficient (Wildman–Crippen LogP) is 4.92. The molecule has 11 nitrogen and oxygen atoms in total. The molecule has 4 aromatic heterocycles. The van der Waals surface area contributed by atoms with Gasteiger partial charge in [0, 0.05) is 37.0 Å². The highest BCUT2D eigenvalue weighted by atomic mass is 16.5. The van der Waals surface area contributed by atoms with Crippen molar-refractivity contribution in [3.63, 3.8) is 0 Å².